The van der Waals surface area contributed by atoms with E-state index in [4.69, 9.17) is 20.9 Å². The first-order valence-electron chi connectivity index (χ1n) is 7.53. The van der Waals surface area contributed by atoms with Gasteiger partial charge in [0, 0.05) is 11.8 Å². The summed E-state index contributed by atoms with van der Waals surface area (Å²) in [5.74, 6) is -0.341. The number of anilines is 2. The molecule has 0 unspecified atom stereocenters. The maximum Gasteiger partial charge on any atom is 0.358 e. The molecule has 0 spiro atoms. The summed E-state index contributed by atoms with van der Waals surface area (Å²) in [4.78, 5) is 26.9. The minimum Gasteiger partial charge on any atom is -0.490 e. The molecule has 0 saturated heterocycles. The number of methoxy groups -OCH3 is 2. The first-order valence-corrected chi connectivity index (χ1v) is 7.53. The van der Waals surface area contributed by atoms with E-state index in [-0.39, 0.29) is 30.2 Å². The molecule has 9 nitrogen and oxygen atoms in total. The molecule has 0 aliphatic carbocycles. The fourth-order valence-electron chi connectivity index (χ4n) is 2.04. The lowest BCUT2D eigenvalue weighted by molar-refractivity contribution is 0.0589. The summed E-state index contributed by atoms with van der Waals surface area (Å²) in [6.45, 7) is 0.389. The van der Waals surface area contributed by atoms with Gasteiger partial charge in [0.15, 0.2) is 5.69 Å². The third-order valence-electron chi connectivity index (χ3n) is 3.32. The second kappa shape index (κ2) is 8.56. The third kappa shape index (κ3) is 4.53. The van der Waals surface area contributed by atoms with Crippen molar-refractivity contribution < 1.29 is 28.5 Å². The summed E-state index contributed by atoms with van der Waals surface area (Å²) in [6.07, 6.45) is 1.36. The Kier molecular flexibility index (Phi) is 6.20. The first-order chi connectivity index (χ1) is 12.5. The molecule has 9 heteroatoms. The van der Waals surface area contributed by atoms with Crippen molar-refractivity contribution in [3.8, 4) is 11.5 Å². The number of nitrogens with zero attached hydrogens (tertiary/aromatic N) is 1. The van der Waals surface area contributed by atoms with Crippen LogP contribution in [0.3, 0.4) is 0 Å². The average Bonchev–Trinajstić information content (AvgIpc) is 2.65. The Balaban J connectivity index is 1.90. The molecule has 26 heavy (non-hydrogen) atoms. The Morgan fingerprint density at radius 2 is 1.58 bits per heavy atom. The van der Waals surface area contributed by atoms with Crippen molar-refractivity contribution in [2.45, 2.75) is 0 Å². The fourth-order valence-corrected chi connectivity index (χ4v) is 2.04. The van der Waals surface area contributed by atoms with Crippen LogP contribution in [0.25, 0.3) is 0 Å². The number of hydrogen-bond donors (Lipinski definition) is 2. The van der Waals surface area contributed by atoms with E-state index in [9.17, 15) is 9.59 Å². The van der Waals surface area contributed by atoms with Gasteiger partial charge in [0.2, 0.25) is 0 Å². The lowest BCUT2D eigenvalue weighted by Gasteiger charge is -2.11. The third-order valence-corrected chi connectivity index (χ3v) is 3.32. The minimum absolute atomic E-state index is 0.0216. The van der Waals surface area contributed by atoms with Gasteiger partial charge in [-0.1, -0.05) is 0 Å². The zero-order chi connectivity index (χ0) is 19.1. The normalized spacial score (nSPS) is 10.1. The number of hydrogen-bond acceptors (Lipinski definition) is 9. The number of carbonyl (C=O) groups excluding carboxylic acids is 2. The molecule has 0 aliphatic rings. The summed E-state index contributed by atoms with van der Waals surface area (Å²) in [5.41, 5.74) is 12.2. The highest BCUT2D eigenvalue weighted by molar-refractivity contribution is 5.95. The standard InChI is InChI=1S/C17H19N3O6/c1-23-16(21)12-7-10(3-4-13(12)18)25-5-6-26-11-8-14(19)15(20-9-11)17(22)24-2/h3-4,7-9H,5-6,18-19H2,1-2H3. The summed E-state index contributed by atoms with van der Waals surface area (Å²) in [6, 6.07) is 6.15. The molecule has 1 aromatic heterocycles. The van der Waals surface area contributed by atoms with E-state index in [1.807, 2.05) is 0 Å². The SMILES string of the molecule is COC(=O)c1cc(OCCOc2cnc(C(=O)OC)c(N)c2)ccc1N. The topological polar surface area (TPSA) is 136 Å². The molecule has 0 atom stereocenters. The number of esters is 2. The minimum atomic E-state index is -0.623. The van der Waals surface area contributed by atoms with Crippen molar-refractivity contribution in [2.75, 3.05) is 38.9 Å². The number of nitrogens with two attached hydrogens (primary N) is 2. The van der Waals surface area contributed by atoms with Crippen LogP contribution in [0.1, 0.15) is 20.8 Å². The Morgan fingerprint density at radius 1 is 0.923 bits per heavy atom. The molecule has 0 radical (unpaired) electrons. The second-order valence-corrected chi connectivity index (χ2v) is 5.04. The zero-order valence-electron chi connectivity index (χ0n) is 14.4. The highest BCUT2D eigenvalue weighted by Crippen LogP contribution is 2.21. The largest absolute Gasteiger partial charge is 0.490 e. The molecule has 138 valence electrons. The lowest BCUT2D eigenvalue weighted by Crippen LogP contribution is -2.12. The predicted octanol–water partition coefficient (Wildman–Crippen LogP) is 1.28. The number of carbonyl (C=O) groups is 2. The molecule has 0 bridgehead atoms. The molecule has 4 N–H and O–H groups in total. The number of rotatable bonds is 7. The number of benzene rings is 1. The smallest absolute Gasteiger partial charge is 0.358 e. The van der Waals surface area contributed by atoms with Crippen molar-refractivity contribution in [1.29, 1.82) is 0 Å². The highest BCUT2D eigenvalue weighted by atomic mass is 16.5. The molecule has 0 amide bonds. The summed E-state index contributed by atoms with van der Waals surface area (Å²) in [7, 11) is 2.52. The van der Waals surface area contributed by atoms with Gasteiger partial charge in [-0.25, -0.2) is 14.6 Å². The zero-order valence-corrected chi connectivity index (χ0v) is 14.4. The van der Waals surface area contributed by atoms with Gasteiger partial charge < -0.3 is 30.4 Å². The maximum absolute atomic E-state index is 11.6. The van der Waals surface area contributed by atoms with Crippen LogP contribution in [0.4, 0.5) is 11.4 Å². The van der Waals surface area contributed by atoms with Crippen LogP contribution in [0.2, 0.25) is 0 Å². The molecule has 0 fully saturated rings. The number of aromatic nitrogens is 1. The Morgan fingerprint density at radius 3 is 2.19 bits per heavy atom. The van der Waals surface area contributed by atoms with Gasteiger partial charge in [0.1, 0.15) is 24.7 Å². The quantitative estimate of drug-likeness (QED) is 0.424. The maximum atomic E-state index is 11.6. The van der Waals surface area contributed by atoms with Crippen LogP contribution in [-0.2, 0) is 9.47 Å². The monoisotopic (exact) mass is 361 g/mol. The first kappa shape index (κ1) is 18.8. The van der Waals surface area contributed by atoms with Crippen LogP contribution >= 0.6 is 0 Å². The predicted molar refractivity (Wildman–Crippen MR) is 93.2 cm³/mol. The molecular weight excluding hydrogens is 342 g/mol. The summed E-state index contributed by atoms with van der Waals surface area (Å²) >= 11 is 0. The Hall–Kier alpha value is -3.49. The van der Waals surface area contributed by atoms with Crippen LogP contribution in [-0.4, -0.2) is 44.4 Å². The van der Waals surface area contributed by atoms with E-state index in [1.54, 1.807) is 12.1 Å². The number of nitrogen functional groups attached to an aromatic ring is 2. The van der Waals surface area contributed by atoms with E-state index in [0.717, 1.165) is 0 Å². The van der Waals surface area contributed by atoms with E-state index in [2.05, 4.69) is 14.5 Å². The van der Waals surface area contributed by atoms with Gasteiger partial charge in [-0.05, 0) is 18.2 Å². The highest BCUT2D eigenvalue weighted by Gasteiger charge is 2.13. The van der Waals surface area contributed by atoms with Gasteiger partial charge in [-0.15, -0.1) is 0 Å². The van der Waals surface area contributed by atoms with Crippen molar-refractivity contribution in [3.63, 3.8) is 0 Å². The fraction of sp³-hybridized carbons (Fsp3) is 0.235. The Bertz CT molecular complexity index is 809. The van der Waals surface area contributed by atoms with E-state index in [1.165, 1.54) is 32.5 Å². The van der Waals surface area contributed by atoms with E-state index >= 15 is 0 Å². The van der Waals surface area contributed by atoms with Crippen molar-refractivity contribution in [1.82, 2.24) is 4.98 Å². The lowest BCUT2D eigenvalue weighted by atomic mass is 10.2. The molecule has 0 aliphatic heterocycles. The summed E-state index contributed by atoms with van der Waals surface area (Å²) < 4.78 is 20.2. The molecule has 1 heterocycles. The van der Waals surface area contributed by atoms with E-state index in [0.29, 0.717) is 17.2 Å². The summed E-state index contributed by atoms with van der Waals surface area (Å²) in [5, 5.41) is 0. The second-order valence-electron chi connectivity index (χ2n) is 5.04. The van der Waals surface area contributed by atoms with Crippen LogP contribution in [0, 0.1) is 0 Å². The molecular formula is C17H19N3O6. The van der Waals surface area contributed by atoms with Gasteiger partial charge >= 0.3 is 11.9 Å². The van der Waals surface area contributed by atoms with Crippen LogP contribution in [0.15, 0.2) is 30.5 Å². The van der Waals surface area contributed by atoms with Crippen molar-refractivity contribution in [3.05, 3.63) is 41.7 Å². The Labute approximate surface area is 149 Å². The van der Waals surface area contributed by atoms with Gasteiger partial charge in [0.05, 0.1) is 31.7 Å². The number of ether oxygens (including phenoxy) is 4. The van der Waals surface area contributed by atoms with Crippen molar-refractivity contribution in [2.24, 2.45) is 0 Å². The molecule has 1 aromatic carbocycles. The average molecular weight is 361 g/mol. The van der Waals surface area contributed by atoms with Crippen LogP contribution < -0.4 is 20.9 Å². The number of pyridine rings is 1. The van der Waals surface area contributed by atoms with Gasteiger partial charge in [0.25, 0.3) is 0 Å². The van der Waals surface area contributed by atoms with E-state index < -0.39 is 11.9 Å². The van der Waals surface area contributed by atoms with Gasteiger partial charge in [-0.3, -0.25) is 0 Å². The molecule has 0 saturated carbocycles. The molecule has 2 aromatic rings. The molecule has 2 rings (SSSR count). The van der Waals surface area contributed by atoms with Crippen molar-refractivity contribution >= 4 is 23.3 Å². The van der Waals surface area contributed by atoms with Crippen LogP contribution in [0.5, 0.6) is 11.5 Å². The van der Waals surface area contributed by atoms with Gasteiger partial charge in [-0.2, -0.15) is 0 Å².